The molecule has 0 bridgehead atoms. The molecule has 0 radical (unpaired) electrons. The zero-order chi connectivity index (χ0) is 18.1. The summed E-state index contributed by atoms with van der Waals surface area (Å²) >= 11 is 0. The number of anilines is 4. The standard InChI is InChI=1S/C19H15F3N4/c20-13-7-8-14(18(22)17(13)21)24-16-9-10-23-19(25-16)26-11-3-5-12-4-1-2-6-15(12)26/h1-2,4,6-10H,3,5,11H2,(H,23,24,25). The number of para-hydroxylation sites is 1. The lowest BCUT2D eigenvalue weighted by atomic mass is 10.0. The number of hydrogen-bond donors (Lipinski definition) is 1. The van der Waals surface area contributed by atoms with Crippen LogP contribution in [0.25, 0.3) is 0 Å². The van der Waals surface area contributed by atoms with Crippen molar-refractivity contribution in [3.63, 3.8) is 0 Å². The number of rotatable bonds is 3. The third kappa shape index (κ3) is 2.96. The predicted octanol–water partition coefficient (Wildman–Crippen LogP) is 4.72. The summed E-state index contributed by atoms with van der Waals surface area (Å²) in [6.45, 7) is 0.764. The largest absolute Gasteiger partial charge is 0.338 e. The van der Waals surface area contributed by atoms with E-state index in [0.29, 0.717) is 11.8 Å². The lowest BCUT2D eigenvalue weighted by Crippen LogP contribution is -2.26. The van der Waals surface area contributed by atoms with Gasteiger partial charge in [-0.05, 0) is 42.7 Å². The van der Waals surface area contributed by atoms with Crippen molar-refractivity contribution in [1.82, 2.24) is 9.97 Å². The first-order valence-corrected chi connectivity index (χ1v) is 8.22. The Hall–Kier alpha value is -3.09. The highest BCUT2D eigenvalue weighted by Crippen LogP contribution is 2.32. The van der Waals surface area contributed by atoms with Gasteiger partial charge in [0.25, 0.3) is 0 Å². The summed E-state index contributed by atoms with van der Waals surface area (Å²) in [4.78, 5) is 10.7. The molecular formula is C19H15F3N4. The van der Waals surface area contributed by atoms with E-state index in [2.05, 4.69) is 21.4 Å². The number of hydrogen-bond acceptors (Lipinski definition) is 4. The van der Waals surface area contributed by atoms with E-state index in [1.807, 2.05) is 23.1 Å². The maximum atomic E-state index is 13.9. The first kappa shape index (κ1) is 16.4. The van der Waals surface area contributed by atoms with Gasteiger partial charge in [-0.1, -0.05) is 18.2 Å². The summed E-state index contributed by atoms with van der Waals surface area (Å²) in [5, 5.41) is 2.68. The lowest BCUT2D eigenvalue weighted by molar-refractivity contribution is 0.449. The molecule has 1 N–H and O–H groups in total. The van der Waals surface area contributed by atoms with E-state index >= 15 is 0 Å². The molecule has 0 spiro atoms. The second kappa shape index (κ2) is 6.67. The predicted molar refractivity (Wildman–Crippen MR) is 93.4 cm³/mol. The van der Waals surface area contributed by atoms with Crippen LogP contribution in [0.1, 0.15) is 12.0 Å². The molecule has 1 aromatic heterocycles. The van der Waals surface area contributed by atoms with Gasteiger partial charge in [0.2, 0.25) is 5.95 Å². The molecule has 0 amide bonds. The van der Waals surface area contributed by atoms with Crippen LogP contribution in [0.5, 0.6) is 0 Å². The fourth-order valence-electron chi connectivity index (χ4n) is 3.05. The number of aryl methyl sites for hydroxylation is 1. The number of benzene rings is 2. The molecule has 0 fully saturated rings. The molecule has 0 saturated heterocycles. The SMILES string of the molecule is Fc1ccc(Nc2ccnc(N3CCCc4ccccc43)n2)c(F)c1F. The number of aromatic nitrogens is 2. The number of nitrogens with zero attached hydrogens (tertiary/aromatic N) is 3. The summed E-state index contributed by atoms with van der Waals surface area (Å²) in [6.07, 6.45) is 3.50. The summed E-state index contributed by atoms with van der Waals surface area (Å²) in [7, 11) is 0. The number of fused-ring (bicyclic) bond motifs is 1. The fraction of sp³-hybridized carbons (Fsp3) is 0.158. The molecule has 4 nitrogen and oxygen atoms in total. The van der Waals surface area contributed by atoms with Gasteiger partial charge in [0, 0.05) is 18.4 Å². The molecule has 0 unspecified atom stereocenters. The molecule has 7 heteroatoms. The topological polar surface area (TPSA) is 41.1 Å². The zero-order valence-corrected chi connectivity index (χ0v) is 13.7. The van der Waals surface area contributed by atoms with E-state index in [9.17, 15) is 13.2 Å². The molecule has 2 heterocycles. The van der Waals surface area contributed by atoms with Crippen LogP contribution in [0.4, 0.5) is 36.3 Å². The van der Waals surface area contributed by atoms with Crippen molar-refractivity contribution < 1.29 is 13.2 Å². The maximum absolute atomic E-state index is 13.9. The highest BCUT2D eigenvalue weighted by atomic mass is 19.2. The monoisotopic (exact) mass is 356 g/mol. The summed E-state index contributed by atoms with van der Waals surface area (Å²) < 4.78 is 40.3. The van der Waals surface area contributed by atoms with E-state index in [1.165, 1.54) is 5.56 Å². The number of nitrogens with one attached hydrogen (secondary N) is 1. The van der Waals surface area contributed by atoms with Gasteiger partial charge in [-0.3, -0.25) is 0 Å². The molecule has 1 aliphatic heterocycles. The summed E-state index contributed by atoms with van der Waals surface area (Å²) in [5.41, 5.74) is 2.06. The van der Waals surface area contributed by atoms with Crippen molar-refractivity contribution in [2.45, 2.75) is 12.8 Å². The van der Waals surface area contributed by atoms with E-state index in [4.69, 9.17) is 0 Å². The molecule has 3 aromatic rings. The average Bonchev–Trinajstić information content (AvgIpc) is 2.68. The van der Waals surface area contributed by atoms with E-state index in [0.717, 1.165) is 37.2 Å². The summed E-state index contributed by atoms with van der Waals surface area (Å²) in [6, 6.07) is 11.6. The molecule has 132 valence electrons. The Bertz CT molecular complexity index is 961. The van der Waals surface area contributed by atoms with Gasteiger partial charge in [0.05, 0.1) is 5.69 Å². The molecule has 4 rings (SSSR count). The van der Waals surface area contributed by atoms with Crippen LogP contribution < -0.4 is 10.2 Å². The molecule has 26 heavy (non-hydrogen) atoms. The van der Waals surface area contributed by atoms with Gasteiger partial charge in [-0.15, -0.1) is 0 Å². The Morgan fingerprint density at radius 1 is 0.962 bits per heavy atom. The quantitative estimate of drug-likeness (QED) is 0.690. The van der Waals surface area contributed by atoms with E-state index in [1.54, 1.807) is 12.3 Å². The minimum Gasteiger partial charge on any atom is -0.338 e. The lowest BCUT2D eigenvalue weighted by Gasteiger charge is -2.29. The van der Waals surface area contributed by atoms with Crippen molar-refractivity contribution in [1.29, 1.82) is 0 Å². The van der Waals surface area contributed by atoms with E-state index < -0.39 is 17.5 Å². The Morgan fingerprint density at radius 2 is 1.81 bits per heavy atom. The Morgan fingerprint density at radius 3 is 2.69 bits per heavy atom. The van der Waals surface area contributed by atoms with Gasteiger partial charge in [-0.2, -0.15) is 4.98 Å². The Balaban J connectivity index is 1.65. The van der Waals surface area contributed by atoms with Crippen LogP contribution in [-0.2, 0) is 6.42 Å². The highest BCUT2D eigenvalue weighted by molar-refractivity contribution is 5.65. The van der Waals surface area contributed by atoms with Crippen LogP contribution in [0, 0.1) is 17.5 Å². The first-order chi connectivity index (χ1) is 12.6. The third-order valence-electron chi connectivity index (χ3n) is 4.29. The number of halogens is 3. The maximum Gasteiger partial charge on any atom is 0.231 e. The molecule has 2 aromatic carbocycles. The van der Waals surface area contributed by atoms with Gasteiger partial charge < -0.3 is 10.2 Å². The van der Waals surface area contributed by atoms with Crippen molar-refractivity contribution in [2.75, 3.05) is 16.8 Å². The normalized spacial score (nSPS) is 13.4. The van der Waals surface area contributed by atoms with Crippen LogP contribution in [-0.4, -0.2) is 16.5 Å². The van der Waals surface area contributed by atoms with Crippen molar-refractivity contribution in [3.05, 3.63) is 71.7 Å². The van der Waals surface area contributed by atoms with E-state index in [-0.39, 0.29) is 5.69 Å². The molecular weight excluding hydrogens is 341 g/mol. The minimum atomic E-state index is -1.52. The first-order valence-electron chi connectivity index (χ1n) is 8.22. The molecule has 0 aliphatic carbocycles. The van der Waals surface area contributed by atoms with Gasteiger partial charge in [-0.25, -0.2) is 18.2 Å². The molecule has 1 aliphatic rings. The van der Waals surface area contributed by atoms with Gasteiger partial charge in [0.1, 0.15) is 5.82 Å². The summed E-state index contributed by atoms with van der Waals surface area (Å²) in [5.74, 6) is -3.28. The molecule has 0 saturated carbocycles. The van der Waals surface area contributed by atoms with Crippen molar-refractivity contribution in [2.24, 2.45) is 0 Å². The van der Waals surface area contributed by atoms with Crippen LogP contribution in [0.2, 0.25) is 0 Å². The van der Waals surface area contributed by atoms with Gasteiger partial charge >= 0.3 is 0 Å². The third-order valence-corrected chi connectivity index (χ3v) is 4.29. The zero-order valence-electron chi connectivity index (χ0n) is 13.7. The Labute approximate surface area is 148 Å². The van der Waals surface area contributed by atoms with Crippen LogP contribution >= 0.6 is 0 Å². The molecule has 0 atom stereocenters. The van der Waals surface area contributed by atoms with Crippen molar-refractivity contribution in [3.8, 4) is 0 Å². The Kier molecular flexibility index (Phi) is 4.20. The van der Waals surface area contributed by atoms with Gasteiger partial charge in [0.15, 0.2) is 17.5 Å². The highest BCUT2D eigenvalue weighted by Gasteiger charge is 2.20. The second-order valence-corrected chi connectivity index (χ2v) is 5.97. The van der Waals surface area contributed by atoms with Crippen LogP contribution in [0.15, 0.2) is 48.7 Å². The fourth-order valence-corrected chi connectivity index (χ4v) is 3.05. The minimum absolute atomic E-state index is 0.187. The average molecular weight is 356 g/mol. The van der Waals surface area contributed by atoms with Crippen LogP contribution in [0.3, 0.4) is 0 Å². The second-order valence-electron chi connectivity index (χ2n) is 5.97. The van der Waals surface area contributed by atoms with Crippen molar-refractivity contribution >= 4 is 23.1 Å². The smallest absolute Gasteiger partial charge is 0.231 e.